The van der Waals surface area contributed by atoms with Crippen molar-refractivity contribution in [2.75, 3.05) is 32.7 Å². The number of amides is 1. The highest BCUT2D eigenvalue weighted by Crippen LogP contribution is 2.27. The van der Waals surface area contributed by atoms with Crippen LogP contribution in [0.15, 0.2) is 48.5 Å². The van der Waals surface area contributed by atoms with Gasteiger partial charge in [-0.05, 0) is 55.8 Å². The third-order valence-corrected chi connectivity index (χ3v) is 6.24. The molecule has 0 spiro atoms. The fourth-order valence-electron chi connectivity index (χ4n) is 3.81. The highest BCUT2D eigenvalue weighted by atomic mass is 35.5. The van der Waals surface area contributed by atoms with Crippen LogP contribution in [0.1, 0.15) is 28.5 Å². The van der Waals surface area contributed by atoms with Gasteiger partial charge < -0.3 is 9.80 Å². The van der Waals surface area contributed by atoms with Crippen molar-refractivity contribution in [1.82, 2.24) is 19.6 Å². The Bertz CT molecular complexity index is 1070. The zero-order valence-electron chi connectivity index (χ0n) is 17.7. The molecule has 156 valence electrons. The minimum atomic E-state index is -0.00624. The van der Waals surface area contributed by atoms with Gasteiger partial charge >= 0.3 is 0 Å². The Hall–Kier alpha value is -2.63. The molecule has 2 heterocycles. The van der Waals surface area contributed by atoms with Crippen molar-refractivity contribution in [2.24, 2.45) is 0 Å². The van der Waals surface area contributed by atoms with Gasteiger partial charge in [-0.25, -0.2) is 4.68 Å². The van der Waals surface area contributed by atoms with Crippen molar-refractivity contribution >= 4 is 17.5 Å². The zero-order chi connectivity index (χ0) is 21.3. The summed E-state index contributed by atoms with van der Waals surface area (Å²) in [6.07, 6.45) is 0. The maximum atomic E-state index is 13.5. The van der Waals surface area contributed by atoms with Crippen molar-refractivity contribution in [2.45, 2.75) is 20.8 Å². The second kappa shape index (κ2) is 8.62. The Morgan fingerprint density at radius 3 is 2.40 bits per heavy atom. The van der Waals surface area contributed by atoms with E-state index in [9.17, 15) is 4.79 Å². The number of rotatable bonds is 4. The summed E-state index contributed by atoms with van der Waals surface area (Å²) in [7, 11) is 0. The first-order valence-electron chi connectivity index (χ1n) is 10.4. The maximum Gasteiger partial charge on any atom is 0.272 e. The van der Waals surface area contributed by atoms with Crippen molar-refractivity contribution in [3.8, 4) is 16.9 Å². The number of para-hydroxylation sites is 1. The molecule has 1 aliphatic heterocycles. The minimum Gasteiger partial charge on any atom is -0.335 e. The molecule has 0 N–H and O–H groups in total. The monoisotopic (exact) mass is 422 g/mol. The normalized spacial score (nSPS) is 14.9. The molecule has 0 radical (unpaired) electrons. The lowest BCUT2D eigenvalue weighted by Gasteiger charge is -2.34. The molecule has 1 fully saturated rings. The van der Waals surface area contributed by atoms with Gasteiger partial charge in [0.1, 0.15) is 5.69 Å². The Morgan fingerprint density at radius 1 is 1.00 bits per heavy atom. The number of likely N-dealkylation sites (N-methyl/N-ethyl adjacent to an activating group) is 1. The fraction of sp³-hybridized carbons (Fsp3) is 0.333. The molecule has 2 aromatic carbocycles. The summed E-state index contributed by atoms with van der Waals surface area (Å²) in [4.78, 5) is 17.7. The van der Waals surface area contributed by atoms with Crippen LogP contribution in [0.4, 0.5) is 0 Å². The van der Waals surface area contributed by atoms with Gasteiger partial charge in [0.15, 0.2) is 0 Å². The number of carbonyl (C=O) groups is 1. The van der Waals surface area contributed by atoms with E-state index in [0.29, 0.717) is 16.4 Å². The zero-order valence-corrected chi connectivity index (χ0v) is 18.5. The SMILES string of the molecule is CCN1CCN(C(=O)c2cc(-c3ccc(C)c(C)c3)nn2-c2ccccc2Cl)CC1. The smallest absolute Gasteiger partial charge is 0.272 e. The van der Waals surface area contributed by atoms with Gasteiger partial charge in [0, 0.05) is 31.7 Å². The molecule has 0 aliphatic carbocycles. The van der Waals surface area contributed by atoms with Gasteiger partial charge in [-0.1, -0.05) is 42.8 Å². The van der Waals surface area contributed by atoms with Crippen molar-refractivity contribution < 1.29 is 4.79 Å². The van der Waals surface area contributed by atoms with Crippen LogP contribution in [0.2, 0.25) is 5.02 Å². The lowest BCUT2D eigenvalue weighted by atomic mass is 10.0. The molecule has 5 nitrogen and oxygen atoms in total. The predicted molar refractivity (Wildman–Crippen MR) is 122 cm³/mol. The van der Waals surface area contributed by atoms with Gasteiger partial charge in [0.05, 0.1) is 16.4 Å². The number of aromatic nitrogens is 2. The molecule has 1 aromatic heterocycles. The molecule has 6 heteroatoms. The number of hydrogen-bond acceptors (Lipinski definition) is 3. The predicted octanol–water partition coefficient (Wildman–Crippen LogP) is 4.59. The number of benzene rings is 2. The van der Waals surface area contributed by atoms with Crippen LogP contribution in [-0.4, -0.2) is 58.2 Å². The van der Waals surface area contributed by atoms with E-state index < -0.39 is 0 Å². The molecule has 0 atom stereocenters. The van der Waals surface area contributed by atoms with Gasteiger partial charge in [-0.2, -0.15) is 5.10 Å². The summed E-state index contributed by atoms with van der Waals surface area (Å²) in [5.74, 6) is -0.00624. The first-order valence-corrected chi connectivity index (χ1v) is 10.8. The molecule has 1 amide bonds. The molecule has 0 saturated carbocycles. The number of nitrogens with zero attached hydrogens (tertiary/aromatic N) is 4. The first kappa shape index (κ1) is 20.6. The van der Waals surface area contributed by atoms with E-state index in [-0.39, 0.29) is 5.91 Å². The number of hydrogen-bond donors (Lipinski definition) is 0. The van der Waals surface area contributed by atoms with Crippen LogP contribution in [0.5, 0.6) is 0 Å². The number of piperazine rings is 1. The average molecular weight is 423 g/mol. The summed E-state index contributed by atoms with van der Waals surface area (Å²) in [6, 6.07) is 15.6. The number of aryl methyl sites for hydroxylation is 2. The third-order valence-electron chi connectivity index (χ3n) is 5.92. The van der Waals surface area contributed by atoms with Crippen LogP contribution in [-0.2, 0) is 0 Å². The van der Waals surface area contributed by atoms with Gasteiger partial charge in [0.25, 0.3) is 5.91 Å². The standard InChI is InChI=1S/C24H27ClN4O/c1-4-27-11-13-28(14-12-27)24(30)23-16-21(19-10-9-17(2)18(3)15-19)26-29(23)22-8-6-5-7-20(22)25/h5-10,15-16H,4,11-14H2,1-3H3. The van der Waals surface area contributed by atoms with E-state index >= 15 is 0 Å². The lowest BCUT2D eigenvalue weighted by Crippen LogP contribution is -2.48. The third kappa shape index (κ3) is 4.00. The van der Waals surface area contributed by atoms with Crippen LogP contribution in [0.25, 0.3) is 16.9 Å². The molecule has 0 unspecified atom stereocenters. The van der Waals surface area contributed by atoms with Crippen molar-refractivity contribution in [3.63, 3.8) is 0 Å². The Morgan fingerprint density at radius 2 is 1.73 bits per heavy atom. The van der Waals surface area contributed by atoms with Gasteiger partial charge in [-0.3, -0.25) is 4.79 Å². The summed E-state index contributed by atoms with van der Waals surface area (Å²) in [5, 5.41) is 5.37. The number of halogens is 1. The quantitative estimate of drug-likeness (QED) is 0.617. The van der Waals surface area contributed by atoms with Crippen LogP contribution >= 0.6 is 11.6 Å². The van der Waals surface area contributed by atoms with Crippen molar-refractivity contribution in [3.05, 3.63) is 70.4 Å². The molecule has 1 saturated heterocycles. The van der Waals surface area contributed by atoms with Gasteiger partial charge in [0.2, 0.25) is 0 Å². The Balaban J connectivity index is 1.76. The highest BCUT2D eigenvalue weighted by Gasteiger charge is 2.26. The molecular formula is C24H27ClN4O. The largest absolute Gasteiger partial charge is 0.335 e. The maximum absolute atomic E-state index is 13.5. The molecule has 4 rings (SSSR count). The fourth-order valence-corrected chi connectivity index (χ4v) is 4.03. The second-order valence-electron chi connectivity index (χ2n) is 7.80. The summed E-state index contributed by atoms with van der Waals surface area (Å²) < 4.78 is 1.70. The number of carbonyl (C=O) groups excluding carboxylic acids is 1. The highest BCUT2D eigenvalue weighted by molar-refractivity contribution is 6.32. The van der Waals surface area contributed by atoms with Crippen LogP contribution in [0.3, 0.4) is 0 Å². The van der Waals surface area contributed by atoms with Gasteiger partial charge in [-0.15, -0.1) is 0 Å². The molecule has 3 aromatic rings. The van der Waals surface area contributed by atoms with E-state index in [2.05, 4.69) is 43.9 Å². The van der Waals surface area contributed by atoms with E-state index in [1.165, 1.54) is 11.1 Å². The van der Waals surface area contributed by atoms with Crippen LogP contribution in [0, 0.1) is 13.8 Å². The molecular weight excluding hydrogens is 396 g/mol. The molecule has 1 aliphatic rings. The Kier molecular flexibility index (Phi) is 5.93. The lowest BCUT2D eigenvalue weighted by molar-refractivity contribution is 0.0634. The summed E-state index contributed by atoms with van der Waals surface area (Å²) >= 11 is 6.47. The topological polar surface area (TPSA) is 41.4 Å². The van der Waals surface area contributed by atoms with E-state index in [1.54, 1.807) is 4.68 Å². The second-order valence-corrected chi connectivity index (χ2v) is 8.21. The average Bonchev–Trinajstić information content (AvgIpc) is 3.20. The molecule has 30 heavy (non-hydrogen) atoms. The summed E-state index contributed by atoms with van der Waals surface area (Å²) in [6.45, 7) is 10.6. The van der Waals surface area contributed by atoms with E-state index in [4.69, 9.17) is 16.7 Å². The van der Waals surface area contributed by atoms with Crippen LogP contribution < -0.4 is 0 Å². The molecule has 0 bridgehead atoms. The van der Waals surface area contributed by atoms with Crippen molar-refractivity contribution in [1.29, 1.82) is 0 Å². The first-order chi connectivity index (χ1) is 14.5. The Labute approximate surface area is 182 Å². The minimum absolute atomic E-state index is 0.00624. The summed E-state index contributed by atoms with van der Waals surface area (Å²) in [5.41, 5.74) is 5.45. The van der Waals surface area contributed by atoms with E-state index in [1.807, 2.05) is 35.2 Å². The van der Waals surface area contributed by atoms with E-state index in [0.717, 1.165) is 44.0 Å².